The third kappa shape index (κ3) is 4.06. The highest BCUT2D eigenvalue weighted by Gasteiger charge is 2.29. The summed E-state index contributed by atoms with van der Waals surface area (Å²) in [5.41, 5.74) is 2.19. The Bertz CT molecular complexity index is 1300. The Kier molecular flexibility index (Phi) is 5.79. The van der Waals surface area contributed by atoms with Gasteiger partial charge in [-0.1, -0.05) is 53.5 Å². The van der Waals surface area contributed by atoms with Crippen LogP contribution < -0.4 is 4.90 Å². The third-order valence-electron chi connectivity index (χ3n) is 4.84. The molecule has 2 aromatic heterocycles. The van der Waals surface area contributed by atoms with Crippen LogP contribution in [-0.2, 0) is 0 Å². The maximum absolute atomic E-state index is 13.5. The van der Waals surface area contributed by atoms with Crippen LogP contribution in [0.3, 0.4) is 0 Å². The molecule has 0 aliphatic rings. The predicted octanol–water partition coefficient (Wildman–Crippen LogP) is 6.96. The second kappa shape index (κ2) is 8.38. The number of nitrogens with one attached hydrogen (secondary N) is 1. The predicted molar refractivity (Wildman–Crippen MR) is 127 cm³/mol. The lowest BCUT2D eigenvalue weighted by Crippen LogP contribution is -2.37. The van der Waals surface area contributed by atoms with E-state index in [2.05, 4.69) is 4.98 Å². The summed E-state index contributed by atoms with van der Waals surface area (Å²) in [7, 11) is 0. The van der Waals surface area contributed by atoms with Crippen molar-refractivity contribution in [3.05, 3.63) is 75.2 Å². The molecule has 0 fully saturated rings. The lowest BCUT2D eigenvalue weighted by atomic mass is 10.1. The number of amides is 1. The van der Waals surface area contributed by atoms with Gasteiger partial charge in [-0.15, -0.1) is 11.3 Å². The first-order valence-corrected chi connectivity index (χ1v) is 11.1. The van der Waals surface area contributed by atoms with Gasteiger partial charge in [0.25, 0.3) is 5.91 Å². The van der Waals surface area contributed by atoms with Crippen LogP contribution in [0.5, 0.6) is 0 Å². The highest BCUT2D eigenvalue weighted by Crippen LogP contribution is 2.38. The van der Waals surface area contributed by atoms with Gasteiger partial charge in [0.05, 0.1) is 10.7 Å². The van der Waals surface area contributed by atoms with Crippen LogP contribution in [0.15, 0.2) is 54.6 Å². The molecule has 8 heteroatoms. The summed E-state index contributed by atoms with van der Waals surface area (Å²) in [5.74, 6) is -1.43. The summed E-state index contributed by atoms with van der Waals surface area (Å²) in [6, 6.07) is 15.9. The number of aromatic nitrogens is 1. The molecule has 4 rings (SSSR count). The van der Waals surface area contributed by atoms with E-state index in [0.29, 0.717) is 32.3 Å². The van der Waals surface area contributed by atoms with Gasteiger partial charge in [-0.2, -0.15) is 0 Å². The smallest absolute Gasteiger partial charge is 0.348 e. The number of hydrogen-bond donors (Lipinski definition) is 2. The maximum atomic E-state index is 13.5. The van der Waals surface area contributed by atoms with Crippen molar-refractivity contribution in [1.82, 2.24) is 4.98 Å². The van der Waals surface area contributed by atoms with Gasteiger partial charge >= 0.3 is 5.97 Å². The molecule has 2 heterocycles. The van der Waals surface area contributed by atoms with Crippen molar-refractivity contribution in [2.75, 3.05) is 4.90 Å². The minimum Gasteiger partial charge on any atom is -0.477 e. The maximum Gasteiger partial charge on any atom is 0.348 e. The number of fused-ring (bicyclic) bond motifs is 1. The van der Waals surface area contributed by atoms with Crippen molar-refractivity contribution in [1.29, 1.82) is 0 Å². The molecule has 4 aromatic rings. The number of carbonyl (C=O) groups is 2. The van der Waals surface area contributed by atoms with E-state index >= 15 is 0 Å². The summed E-state index contributed by atoms with van der Waals surface area (Å²) in [5, 5.41) is 11.4. The number of aromatic amines is 1. The standard InChI is InChI=1S/C23H18Cl2N2O3S/c1-12(2)27(22(28)18-10-15-16(25)8-14(24)9-17(15)26-18)19-11-20(31-21(19)23(29)30)13-6-4-3-5-7-13/h3-12,26H,1-2H3,(H,29,30). The zero-order valence-electron chi connectivity index (χ0n) is 16.6. The summed E-state index contributed by atoms with van der Waals surface area (Å²) in [6.07, 6.45) is 0. The molecule has 0 unspecified atom stereocenters. The fourth-order valence-corrected chi connectivity index (χ4v) is 5.03. The molecule has 0 saturated heterocycles. The number of halogens is 2. The number of benzene rings is 2. The Labute approximate surface area is 192 Å². The number of carboxylic acid groups (broad SMARTS) is 1. The molecule has 0 atom stereocenters. The molecule has 31 heavy (non-hydrogen) atoms. The number of rotatable bonds is 5. The van der Waals surface area contributed by atoms with E-state index in [9.17, 15) is 14.7 Å². The van der Waals surface area contributed by atoms with Crippen LogP contribution >= 0.6 is 34.5 Å². The van der Waals surface area contributed by atoms with Crippen LogP contribution in [0.4, 0.5) is 5.69 Å². The van der Waals surface area contributed by atoms with Gasteiger partial charge in [0, 0.05) is 26.8 Å². The molecular weight excluding hydrogens is 455 g/mol. The van der Waals surface area contributed by atoms with Gasteiger partial charge in [0.2, 0.25) is 0 Å². The Balaban J connectivity index is 1.82. The highest BCUT2D eigenvalue weighted by atomic mass is 35.5. The molecule has 0 aliphatic carbocycles. The summed E-state index contributed by atoms with van der Waals surface area (Å²) < 4.78 is 0. The highest BCUT2D eigenvalue weighted by molar-refractivity contribution is 7.18. The third-order valence-corrected chi connectivity index (χ3v) is 6.53. The molecule has 2 N–H and O–H groups in total. The second-order valence-corrected chi connectivity index (χ2v) is 9.19. The molecule has 5 nitrogen and oxygen atoms in total. The van der Waals surface area contributed by atoms with Gasteiger partial charge in [-0.25, -0.2) is 4.79 Å². The molecule has 158 valence electrons. The van der Waals surface area contributed by atoms with E-state index < -0.39 is 5.97 Å². The number of thiophene rings is 1. The normalized spacial score (nSPS) is 11.3. The average Bonchev–Trinajstić information content (AvgIpc) is 3.33. The largest absolute Gasteiger partial charge is 0.477 e. The number of aromatic carboxylic acids is 1. The lowest BCUT2D eigenvalue weighted by molar-refractivity contribution is 0.0703. The molecule has 0 aliphatic heterocycles. The SMILES string of the molecule is CC(C)N(C(=O)c1cc2c(Cl)cc(Cl)cc2[nH]1)c1cc(-c2ccccc2)sc1C(=O)O. The van der Waals surface area contributed by atoms with E-state index in [1.54, 1.807) is 24.3 Å². The van der Waals surface area contributed by atoms with Crippen LogP contribution in [0.1, 0.15) is 34.0 Å². The first-order valence-electron chi connectivity index (χ1n) is 9.50. The quantitative estimate of drug-likeness (QED) is 0.329. The van der Waals surface area contributed by atoms with Crippen molar-refractivity contribution < 1.29 is 14.7 Å². The van der Waals surface area contributed by atoms with E-state index in [1.807, 2.05) is 44.2 Å². The number of nitrogens with zero attached hydrogens (tertiary/aromatic N) is 1. The van der Waals surface area contributed by atoms with Gasteiger partial charge in [-0.3, -0.25) is 4.79 Å². The van der Waals surface area contributed by atoms with E-state index in [0.717, 1.165) is 21.8 Å². The van der Waals surface area contributed by atoms with Crippen molar-refractivity contribution in [2.24, 2.45) is 0 Å². The minimum absolute atomic E-state index is 0.109. The van der Waals surface area contributed by atoms with Gasteiger partial charge < -0.3 is 15.0 Å². The fourth-order valence-electron chi connectivity index (χ4n) is 3.49. The summed E-state index contributed by atoms with van der Waals surface area (Å²) >= 11 is 13.5. The van der Waals surface area contributed by atoms with Crippen molar-refractivity contribution >= 4 is 63.0 Å². The van der Waals surface area contributed by atoms with Crippen LogP contribution in [0, 0.1) is 0 Å². The van der Waals surface area contributed by atoms with Gasteiger partial charge in [0.15, 0.2) is 0 Å². The van der Waals surface area contributed by atoms with E-state index in [-0.39, 0.29) is 16.8 Å². The van der Waals surface area contributed by atoms with Crippen LogP contribution in [-0.4, -0.2) is 28.0 Å². The van der Waals surface area contributed by atoms with Crippen molar-refractivity contribution in [3.8, 4) is 10.4 Å². The lowest BCUT2D eigenvalue weighted by Gasteiger charge is -2.26. The molecular formula is C23H18Cl2N2O3S. The first kappa shape index (κ1) is 21.4. The fraction of sp³-hybridized carbons (Fsp3) is 0.130. The zero-order valence-corrected chi connectivity index (χ0v) is 19.0. The average molecular weight is 473 g/mol. The second-order valence-electron chi connectivity index (χ2n) is 7.30. The monoisotopic (exact) mass is 472 g/mol. The molecule has 1 amide bonds. The number of anilines is 1. The number of carbonyl (C=O) groups excluding carboxylic acids is 1. The molecule has 0 radical (unpaired) electrons. The summed E-state index contributed by atoms with van der Waals surface area (Å²) in [6.45, 7) is 3.69. The van der Waals surface area contributed by atoms with Crippen molar-refractivity contribution in [2.45, 2.75) is 19.9 Å². The Morgan fingerprint density at radius 2 is 1.77 bits per heavy atom. The number of hydrogen-bond acceptors (Lipinski definition) is 3. The van der Waals surface area contributed by atoms with E-state index in [4.69, 9.17) is 23.2 Å². The Hall–Kier alpha value is -2.80. The molecule has 0 saturated carbocycles. The molecule has 0 spiro atoms. The first-order chi connectivity index (χ1) is 14.8. The minimum atomic E-state index is -1.08. The van der Waals surface area contributed by atoms with Gasteiger partial charge in [-0.05, 0) is 43.7 Å². The topological polar surface area (TPSA) is 73.4 Å². The Morgan fingerprint density at radius 3 is 2.42 bits per heavy atom. The zero-order chi connectivity index (χ0) is 22.3. The summed E-state index contributed by atoms with van der Waals surface area (Å²) in [4.78, 5) is 31.0. The van der Waals surface area contributed by atoms with Crippen LogP contribution in [0.25, 0.3) is 21.3 Å². The van der Waals surface area contributed by atoms with Crippen molar-refractivity contribution in [3.63, 3.8) is 0 Å². The molecule has 2 aromatic carbocycles. The molecule has 0 bridgehead atoms. The van der Waals surface area contributed by atoms with Crippen LogP contribution in [0.2, 0.25) is 10.0 Å². The van der Waals surface area contributed by atoms with E-state index in [1.165, 1.54) is 4.90 Å². The number of carboxylic acids is 1. The number of H-pyrrole nitrogens is 1. The Morgan fingerprint density at radius 1 is 1.06 bits per heavy atom. The van der Waals surface area contributed by atoms with Gasteiger partial charge in [0.1, 0.15) is 10.6 Å².